The summed E-state index contributed by atoms with van der Waals surface area (Å²) in [6.07, 6.45) is -2.26. The van der Waals surface area contributed by atoms with E-state index in [2.05, 4.69) is 9.72 Å². The van der Waals surface area contributed by atoms with Crippen LogP contribution in [0.5, 0.6) is 5.75 Å². The van der Waals surface area contributed by atoms with Crippen molar-refractivity contribution in [2.45, 2.75) is 6.18 Å². The van der Waals surface area contributed by atoms with Crippen LogP contribution in [0.1, 0.15) is 0 Å². The van der Waals surface area contributed by atoms with Crippen LogP contribution in [0.2, 0.25) is 0 Å². The number of hydrogen-bond acceptors (Lipinski definition) is 4. The van der Waals surface area contributed by atoms with Crippen LogP contribution in [0.3, 0.4) is 0 Å². The Bertz CT molecular complexity index is 332. The van der Waals surface area contributed by atoms with Gasteiger partial charge in [0.2, 0.25) is 0 Å². The van der Waals surface area contributed by atoms with Gasteiger partial charge in [0.25, 0.3) is 0 Å². The Labute approximate surface area is 83.5 Å². The number of halogens is 3. The molecule has 0 atom stereocenters. The summed E-state index contributed by atoms with van der Waals surface area (Å²) in [7, 11) is -1.91. The largest absolute Gasteiger partial charge is 0.493 e. The van der Waals surface area contributed by atoms with Gasteiger partial charge >= 0.3 is 13.3 Å². The maximum absolute atomic E-state index is 11.8. The van der Waals surface area contributed by atoms with Gasteiger partial charge in [-0.25, -0.2) is 0 Å². The van der Waals surface area contributed by atoms with Gasteiger partial charge in [-0.2, -0.15) is 13.2 Å². The highest BCUT2D eigenvalue weighted by Crippen LogP contribution is 2.16. The first-order chi connectivity index (χ1) is 6.90. The number of pyridine rings is 1. The van der Waals surface area contributed by atoms with E-state index in [0.717, 1.165) is 12.3 Å². The van der Waals surface area contributed by atoms with E-state index in [4.69, 9.17) is 10.0 Å². The van der Waals surface area contributed by atoms with Crippen molar-refractivity contribution in [2.75, 3.05) is 6.61 Å². The Morgan fingerprint density at radius 2 is 2.07 bits per heavy atom. The second-order valence-corrected chi connectivity index (χ2v) is 2.69. The van der Waals surface area contributed by atoms with Crippen LogP contribution >= 0.6 is 0 Å². The van der Waals surface area contributed by atoms with E-state index in [0.29, 0.717) is 0 Å². The van der Waals surface area contributed by atoms with E-state index >= 15 is 0 Å². The lowest BCUT2D eigenvalue weighted by molar-refractivity contribution is -0.153. The summed E-state index contributed by atoms with van der Waals surface area (Å²) in [5, 5.41) is 17.6. The van der Waals surface area contributed by atoms with Gasteiger partial charge in [-0.1, -0.05) is 0 Å². The molecule has 0 spiro atoms. The topological polar surface area (TPSA) is 62.6 Å². The molecule has 0 saturated carbocycles. The molecule has 0 aliphatic carbocycles. The predicted molar refractivity (Wildman–Crippen MR) is 45.6 cm³/mol. The predicted octanol–water partition coefficient (Wildman–Crippen LogP) is -0.298. The average molecular weight is 221 g/mol. The van der Waals surface area contributed by atoms with Gasteiger partial charge in [-0.15, -0.1) is 0 Å². The molecule has 1 aromatic heterocycles. The van der Waals surface area contributed by atoms with E-state index in [1.54, 1.807) is 0 Å². The van der Waals surface area contributed by atoms with Gasteiger partial charge in [-0.05, 0) is 6.07 Å². The standard InChI is InChI=1S/C7H7BF3NO3/c9-7(10,11)4-15-6-1-2-12-3-5(6)8(13)14/h1-3,13-14H,4H2. The SMILES string of the molecule is OB(O)c1cnccc1OCC(F)(F)F. The van der Waals surface area contributed by atoms with Crippen LogP contribution in [0.4, 0.5) is 13.2 Å². The highest BCUT2D eigenvalue weighted by atomic mass is 19.4. The molecule has 1 aromatic rings. The zero-order valence-corrected chi connectivity index (χ0v) is 7.40. The fourth-order valence-electron chi connectivity index (χ4n) is 0.879. The molecule has 0 saturated heterocycles. The number of alkyl halides is 3. The van der Waals surface area contributed by atoms with E-state index in [-0.39, 0.29) is 11.2 Å². The lowest BCUT2D eigenvalue weighted by Gasteiger charge is -2.11. The summed E-state index contributed by atoms with van der Waals surface area (Å²) in [6.45, 7) is -1.49. The van der Waals surface area contributed by atoms with Crippen LogP contribution in [0.15, 0.2) is 18.5 Å². The lowest BCUT2D eigenvalue weighted by Crippen LogP contribution is -2.33. The molecule has 0 aliphatic rings. The van der Waals surface area contributed by atoms with Crippen molar-refractivity contribution in [3.8, 4) is 5.75 Å². The molecule has 0 aromatic carbocycles. The molecular formula is C7H7BF3NO3. The smallest absolute Gasteiger partial charge is 0.484 e. The van der Waals surface area contributed by atoms with Crippen LogP contribution in [-0.4, -0.2) is 34.9 Å². The Balaban J connectivity index is 2.76. The molecule has 2 N–H and O–H groups in total. The molecule has 1 heterocycles. The Kier molecular flexibility index (Phi) is 3.54. The number of nitrogens with zero attached hydrogens (tertiary/aromatic N) is 1. The summed E-state index contributed by atoms with van der Waals surface area (Å²) in [5.74, 6) is -0.252. The van der Waals surface area contributed by atoms with Crippen molar-refractivity contribution in [3.05, 3.63) is 18.5 Å². The molecule has 1 rings (SSSR count). The minimum Gasteiger partial charge on any atom is -0.484 e. The van der Waals surface area contributed by atoms with Gasteiger partial charge in [0.05, 0.1) is 0 Å². The summed E-state index contributed by atoms with van der Waals surface area (Å²) in [4.78, 5) is 3.53. The third-order valence-electron chi connectivity index (χ3n) is 1.48. The minimum absolute atomic E-state index is 0.207. The van der Waals surface area contributed by atoms with Crippen molar-refractivity contribution in [2.24, 2.45) is 0 Å². The highest BCUT2D eigenvalue weighted by Gasteiger charge is 2.29. The summed E-state index contributed by atoms with van der Waals surface area (Å²) >= 11 is 0. The van der Waals surface area contributed by atoms with Gasteiger partial charge < -0.3 is 14.8 Å². The molecule has 0 aliphatic heterocycles. The molecule has 15 heavy (non-hydrogen) atoms. The maximum atomic E-state index is 11.8. The third kappa shape index (κ3) is 3.76. The van der Waals surface area contributed by atoms with Crippen LogP contribution in [0.25, 0.3) is 0 Å². The Morgan fingerprint density at radius 3 is 2.60 bits per heavy atom. The monoisotopic (exact) mass is 221 g/mol. The zero-order chi connectivity index (χ0) is 11.5. The quantitative estimate of drug-likeness (QED) is 0.688. The molecule has 0 radical (unpaired) electrons. The fraction of sp³-hybridized carbons (Fsp3) is 0.286. The van der Waals surface area contributed by atoms with Crippen molar-refractivity contribution in [1.29, 1.82) is 0 Å². The maximum Gasteiger partial charge on any atom is 0.493 e. The number of ether oxygens (including phenoxy) is 1. The normalized spacial score (nSPS) is 11.3. The Morgan fingerprint density at radius 1 is 1.40 bits per heavy atom. The molecule has 0 bridgehead atoms. The molecule has 4 nitrogen and oxygen atoms in total. The minimum atomic E-state index is -4.47. The second-order valence-electron chi connectivity index (χ2n) is 2.69. The summed E-state index contributed by atoms with van der Waals surface area (Å²) in [5.41, 5.74) is -0.207. The van der Waals surface area contributed by atoms with Crippen molar-refractivity contribution in [1.82, 2.24) is 4.98 Å². The van der Waals surface area contributed by atoms with Crippen LogP contribution < -0.4 is 10.2 Å². The molecule has 0 amide bonds. The first-order valence-corrected chi connectivity index (χ1v) is 3.90. The fourth-order valence-corrected chi connectivity index (χ4v) is 0.879. The molecular weight excluding hydrogens is 214 g/mol. The zero-order valence-electron chi connectivity index (χ0n) is 7.40. The molecule has 0 fully saturated rings. The van der Waals surface area contributed by atoms with Crippen molar-refractivity contribution in [3.63, 3.8) is 0 Å². The summed E-state index contributed by atoms with van der Waals surface area (Å²) in [6, 6.07) is 1.13. The van der Waals surface area contributed by atoms with Gasteiger partial charge in [0, 0.05) is 17.9 Å². The van der Waals surface area contributed by atoms with Crippen LogP contribution in [0, 0.1) is 0 Å². The van der Waals surface area contributed by atoms with E-state index in [1.807, 2.05) is 0 Å². The van der Waals surface area contributed by atoms with E-state index in [1.165, 1.54) is 6.20 Å². The van der Waals surface area contributed by atoms with Crippen molar-refractivity contribution < 1.29 is 28.0 Å². The molecule has 8 heteroatoms. The van der Waals surface area contributed by atoms with Gasteiger partial charge in [0.15, 0.2) is 6.61 Å². The molecule has 0 unspecified atom stereocenters. The number of hydrogen-bond donors (Lipinski definition) is 2. The second kappa shape index (κ2) is 4.50. The summed E-state index contributed by atoms with van der Waals surface area (Å²) < 4.78 is 39.8. The first kappa shape index (κ1) is 11.8. The number of rotatable bonds is 3. The van der Waals surface area contributed by atoms with Crippen LogP contribution in [-0.2, 0) is 0 Å². The Hall–Kier alpha value is -1.28. The van der Waals surface area contributed by atoms with Crippen molar-refractivity contribution >= 4 is 12.6 Å². The van der Waals surface area contributed by atoms with Gasteiger partial charge in [-0.3, -0.25) is 4.98 Å². The highest BCUT2D eigenvalue weighted by molar-refractivity contribution is 6.59. The van der Waals surface area contributed by atoms with E-state index in [9.17, 15) is 13.2 Å². The number of aromatic nitrogens is 1. The van der Waals surface area contributed by atoms with E-state index < -0.39 is 19.9 Å². The third-order valence-corrected chi connectivity index (χ3v) is 1.48. The lowest BCUT2D eigenvalue weighted by atomic mass is 9.81. The first-order valence-electron chi connectivity index (χ1n) is 3.90. The average Bonchev–Trinajstić information content (AvgIpc) is 2.14. The molecule has 82 valence electrons. The van der Waals surface area contributed by atoms with Gasteiger partial charge in [0.1, 0.15) is 5.75 Å².